The first kappa shape index (κ1) is 13.0. The zero-order valence-electron chi connectivity index (χ0n) is 9.22. The van der Waals surface area contributed by atoms with Crippen LogP contribution in [0.2, 0.25) is 0 Å². The van der Waals surface area contributed by atoms with Crippen LogP contribution in [0.25, 0.3) is 0 Å². The average molecular weight is 331 g/mol. The van der Waals surface area contributed by atoms with Gasteiger partial charge in [-0.3, -0.25) is 0 Å². The van der Waals surface area contributed by atoms with Crippen LogP contribution in [0.5, 0.6) is 0 Å². The lowest BCUT2D eigenvalue weighted by Crippen LogP contribution is -1.80. The number of thioether (sulfide) groups is 2. The van der Waals surface area contributed by atoms with Crippen LogP contribution in [0.15, 0.2) is 38.4 Å². The molecular formula is C11H11BrN2OS2. The highest BCUT2D eigenvalue weighted by molar-refractivity contribution is 9.10. The first-order valence-electron chi connectivity index (χ1n) is 4.96. The summed E-state index contributed by atoms with van der Waals surface area (Å²) in [7, 11) is 0. The van der Waals surface area contributed by atoms with Crippen LogP contribution < -0.4 is 0 Å². The maximum absolute atomic E-state index is 5.48. The Kier molecular flexibility index (Phi) is 4.94. The Morgan fingerprint density at radius 3 is 2.65 bits per heavy atom. The molecule has 0 saturated heterocycles. The molecular weight excluding hydrogens is 320 g/mol. The molecule has 0 spiro atoms. The first-order valence-corrected chi connectivity index (χ1v) is 8.14. The second kappa shape index (κ2) is 6.47. The van der Waals surface area contributed by atoms with Crippen LogP contribution in [-0.2, 0) is 11.5 Å². The van der Waals surface area contributed by atoms with Crippen molar-refractivity contribution in [3.63, 3.8) is 0 Å². The number of hydrogen-bond donors (Lipinski definition) is 0. The summed E-state index contributed by atoms with van der Waals surface area (Å²) in [5.74, 6) is 2.30. The Morgan fingerprint density at radius 1 is 1.18 bits per heavy atom. The molecule has 90 valence electrons. The van der Waals surface area contributed by atoms with Crippen molar-refractivity contribution in [2.45, 2.75) is 16.7 Å². The molecule has 0 fully saturated rings. The summed E-state index contributed by atoms with van der Waals surface area (Å²) in [5.41, 5.74) is 1.24. The first-order chi connectivity index (χ1) is 8.28. The van der Waals surface area contributed by atoms with Gasteiger partial charge in [0, 0.05) is 10.2 Å². The maximum Gasteiger partial charge on any atom is 0.276 e. The zero-order chi connectivity index (χ0) is 12.1. The minimum absolute atomic E-state index is 0.636. The smallest absolute Gasteiger partial charge is 0.276 e. The van der Waals surface area contributed by atoms with Gasteiger partial charge in [-0.2, -0.15) is 11.8 Å². The molecule has 0 atom stereocenters. The third kappa shape index (κ3) is 4.04. The highest BCUT2D eigenvalue weighted by Crippen LogP contribution is 2.23. The Balaban J connectivity index is 1.90. The van der Waals surface area contributed by atoms with E-state index in [0.29, 0.717) is 11.1 Å². The molecule has 0 aliphatic carbocycles. The molecule has 0 radical (unpaired) electrons. The second-order valence-corrected chi connectivity index (χ2v) is 6.02. The SMILES string of the molecule is CSCc1nnc(SCc2ccc(Br)cc2)o1. The summed E-state index contributed by atoms with van der Waals surface area (Å²) in [4.78, 5) is 0. The van der Waals surface area contributed by atoms with Crippen LogP contribution in [-0.4, -0.2) is 16.5 Å². The lowest BCUT2D eigenvalue weighted by Gasteiger charge is -1.98. The van der Waals surface area contributed by atoms with Gasteiger partial charge in [0.2, 0.25) is 5.89 Å². The number of halogens is 1. The highest BCUT2D eigenvalue weighted by atomic mass is 79.9. The quantitative estimate of drug-likeness (QED) is 0.775. The van der Waals surface area contributed by atoms with Crippen molar-refractivity contribution >= 4 is 39.5 Å². The third-order valence-corrected chi connectivity index (χ3v) is 3.95. The van der Waals surface area contributed by atoms with Crippen molar-refractivity contribution in [1.82, 2.24) is 10.2 Å². The van der Waals surface area contributed by atoms with Crippen molar-refractivity contribution in [1.29, 1.82) is 0 Å². The molecule has 3 nitrogen and oxygen atoms in total. The Morgan fingerprint density at radius 2 is 1.94 bits per heavy atom. The van der Waals surface area contributed by atoms with Crippen LogP contribution >= 0.6 is 39.5 Å². The van der Waals surface area contributed by atoms with E-state index in [0.717, 1.165) is 16.0 Å². The van der Waals surface area contributed by atoms with E-state index >= 15 is 0 Å². The fourth-order valence-electron chi connectivity index (χ4n) is 1.20. The molecule has 1 aromatic carbocycles. The van der Waals surface area contributed by atoms with Crippen molar-refractivity contribution in [3.05, 3.63) is 40.2 Å². The summed E-state index contributed by atoms with van der Waals surface area (Å²) in [6.45, 7) is 0. The van der Waals surface area contributed by atoms with E-state index < -0.39 is 0 Å². The van der Waals surface area contributed by atoms with E-state index in [-0.39, 0.29) is 0 Å². The summed E-state index contributed by atoms with van der Waals surface area (Å²) < 4.78 is 6.57. The predicted octanol–water partition coefficient (Wildman–Crippen LogP) is 3.99. The van der Waals surface area contributed by atoms with Crippen molar-refractivity contribution in [3.8, 4) is 0 Å². The van der Waals surface area contributed by atoms with Gasteiger partial charge in [-0.15, -0.1) is 10.2 Å². The largest absolute Gasteiger partial charge is 0.415 e. The predicted molar refractivity (Wildman–Crippen MR) is 75.2 cm³/mol. The van der Waals surface area contributed by atoms with E-state index in [1.165, 1.54) is 5.56 Å². The fraction of sp³-hybridized carbons (Fsp3) is 0.273. The topological polar surface area (TPSA) is 38.9 Å². The minimum atomic E-state index is 0.636. The van der Waals surface area contributed by atoms with Gasteiger partial charge in [0.25, 0.3) is 5.22 Å². The highest BCUT2D eigenvalue weighted by Gasteiger charge is 2.06. The van der Waals surface area contributed by atoms with Gasteiger partial charge in [0.15, 0.2) is 0 Å². The fourth-order valence-corrected chi connectivity index (χ4v) is 2.57. The molecule has 0 aliphatic rings. The van der Waals surface area contributed by atoms with E-state index in [1.807, 2.05) is 18.4 Å². The maximum atomic E-state index is 5.48. The number of nitrogens with zero attached hydrogens (tertiary/aromatic N) is 2. The lowest BCUT2D eigenvalue weighted by atomic mass is 10.2. The molecule has 1 heterocycles. The summed E-state index contributed by atoms with van der Waals surface area (Å²) in [6.07, 6.45) is 2.01. The van der Waals surface area contributed by atoms with Gasteiger partial charge >= 0.3 is 0 Å². The average Bonchev–Trinajstić information content (AvgIpc) is 2.77. The summed E-state index contributed by atoms with van der Waals surface area (Å²) in [5, 5.41) is 8.59. The lowest BCUT2D eigenvalue weighted by molar-refractivity contribution is 0.426. The number of benzene rings is 1. The molecule has 0 N–H and O–H groups in total. The third-order valence-electron chi connectivity index (χ3n) is 1.99. The molecule has 6 heteroatoms. The number of aromatic nitrogens is 2. The van der Waals surface area contributed by atoms with Gasteiger partial charge in [-0.05, 0) is 24.0 Å². The molecule has 2 aromatic rings. The zero-order valence-corrected chi connectivity index (χ0v) is 12.4. The monoisotopic (exact) mass is 330 g/mol. The second-order valence-electron chi connectivity index (χ2n) is 3.31. The molecule has 0 saturated carbocycles. The molecule has 0 bridgehead atoms. The Hall–Kier alpha value is -0.460. The summed E-state index contributed by atoms with van der Waals surface area (Å²) >= 11 is 6.65. The number of rotatable bonds is 5. The molecule has 17 heavy (non-hydrogen) atoms. The normalized spacial score (nSPS) is 10.7. The van der Waals surface area contributed by atoms with Crippen LogP contribution in [0, 0.1) is 0 Å². The van der Waals surface area contributed by atoms with Gasteiger partial charge in [-0.1, -0.05) is 39.8 Å². The van der Waals surface area contributed by atoms with Gasteiger partial charge in [0.1, 0.15) is 0 Å². The van der Waals surface area contributed by atoms with Gasteiger partial charge in [0.05, 0.1) is 5.75 Å². The molecule has 0 aliphatic heterocycles. The van der Waals surface area contributed by atoms with Gasteiger partial charge in [-0.25, -0.2) is 0 Å². The molecule has 1 aromatic heterocycles. The van der Waals surface area contributed by atoms with E-state index in [4.69, 9.17) is 4.42 Å². The van der Waals surface area contributed by atoms with Crippen molar-refractivity contribution in [2.24, 2.45) is 0 Å². The molecule has 0 amide bonds. The molecule has 0 unspecified atom stereocenters. The molecule has 2 rings (SSSR count). The Bertz CT molecular complexity index is 473. The Labute approximate surface area is 117 Å². The van der Waals surface area contributed by atoms with Crippen LogP contribution in [0.4, 0.5) is 0 Å². The van der Waals surface area contributed by atoms with E-state index in [2.05, 4.69) is 38.3 Å². The summed E-state index contributed by atoms with van der Waals surface area (Å²) in [6, 6.07) is 8.22. The van der Waals surface area contributed by atoms with Crippen LogP contribution in [0.3, 0.4) is 0 Å². The van der Waals surface area contributed by atoms with Crippen molar-refractivity contribution < 1.29 is 4.42 Å². The standard InChI is InChI=1S/C11H11BrN2OS2/c1-16-7-10-13-14-11(15-10)17-6-8-2-4-9(12)5-3-8/h2-5H,6-7H2,1H3. The van der Waals surface area contributed by atoms with E-state index in [1.54, 1.807) is 23.5 Å². The van der Waals surface area contributed by atoms with E-state index in [9.17, 15) is 0 Å². The minimum Gasteiger partial charge on any atom is -0.415 e. The van der Waals surface area contributed by atoms with Crippen molar-refractivity contribution in [2.75, 3.05) is 6.26 Å². The number of hydrogen-bond acceptors (Lipinski definition) is 5. The van der Waals surface area contributed by atoms with Gasteiger partial charge < -0.3 is 4.42 Å². The van der Waals surface area contributed by atoms with Crippen LogP contribution in [0.1, 0.15) is 11.5 Å².